The van der Waals surface area contributed by atoms with Crippen LogP contribution < -0.4 is 4.74 Å². The molecule has 0 heterocycles. The van der Waals surface area contributed by atoms with Gasteiger partial charge in [0.1, 0.15) is 5.75 Å². The monoisotopic (exact) mass is 342 g/mol. The topological polar surface area (TPSA) is 9.23 Å². The highest BCUT2D eigenvalue weighted by Gasteiger charge is 2.41. The first-order chi connectivity index (χ1) is 12.7. The fourth-order valence-electron chi connectivity index (χ4n) is 4.78. The smallest absolute Gasteiger partial charge is 0.118 e. The summed E-state index contributed by atoms with van der Waals surface area (Å²) in [5, 5.41) is 0. The van der Waals surface area contributed by atoms with Gasteiger partial charge in [0.05, 0.1) is 7.11 Å². The molecule has 0 spiro atoms. The van der Waals surface area contributed by atoms with Crippen molar-refractivity contribution in [2.75, 3.05) is 7.11 Å². The summed E-state index contributed by atoms with van der Waals surface area (Å²) >= 11 is 0. The lowest BCUT2D eigenvalue weighted by molar-refractivity contribution is 0.414. The lowest BCUT2D eigenvalue weighted by atomic mass is 9.60. The highest BCUT2D eigenvalue weighted by atomic mass is 16.5. The summed E-state index contributed by atoms with van der Waals surface area (Å²) in [5.41, 5.74) is 8.52. The van der Waals surface area contributed by atoms with Gasteiger partial charge in [-0.15, -0.1) is 0 Å². The molecule has 1 aliphatic carbocycles. The molecule has 0 fully saturated rings. The molecule has 0 bridgehead atoms. The number of rotatable bonds is 3. The molecule has 0 amide bonds. The number of fused-ring (bicyclic) bond motifs is 1. The summed E-state index contributed by atoms with van der Waals surface area (Å²) in [7, 11) is 1.73. The van der Waals surface area contributed by atoms with Gasteiger partial charge in [-0.25, -0.2) is 0 Å². The molecule has 0 aliphatic heterocycles. The lowest BCUT2D eigenvalue weighted by Crippen LogP contribution is -2.35. The maximum absolute atomic E-state index is 5.41. The first-order valence-corrected chi connectivity index (χ1v) is 9.46. The second-order valence-electron chi connectivity index (χ2n) is 7.41. The number of hydrogen-bond acceptors (Lipinski definition) is 1. The molecule has 1 unspecified atom stereocenters. The van der Waals surface area contributed by atoms with Gasteiger partial charge in [0, 0.05) is 5.41 Å². The Balaban J connectivity index is 2.05. The van der Waals surface area contributed by atoms with Crippen molar-refractivity contribution < 1.29 is 4.74 Å². The summed E-state index contributed by atoms with van der Waals surface area (Å²) in [5.74, 6) is 0.911. The molecule has 0 aromatic heterocycles. The first kappa shape index (κ1) is 16.9. The van der Waals surface area contributed by atoms with E-state index in [1.807, 2.05) is 0 Å². The van der Waals surface area contributed by atoms with Gasteiger partial charge in [0.25, 0.3) is 0 Å². The molecule has 0 N–H and O–H groups in total. The van der Waals surface area contributed by atoms with Gasteiger partial charge in [-0.05, 0) is 78.6 Å². The van der Waals surface area contributed by atoms with Crippen LogP contribution in [0.5, 0.6) is 5.75 Å². The van der Waals surface area contributed by atoms with Crippen LogP contribution in [0.3, 0.4) is 0 Å². The van der Waals surface area contributed by atoms with Gasteiger partial charge in [0.2, 0.25) is 0 Å². The molecule has 4 rings (SSSR count). The third-order valence-electron chi connectivity index (χ3n) is 6.01. The zero-order chi connectivity index (χ0) is 18.1. The van der Waals surface area contributed by atoms with Gasteiger partial charge in [0.15, 0.2) is 0 Å². The van der Waals surface area contributed by atoms with Crippen LogP contribution in [0.25, 0.3) is 0 Å². The van der Waals surface area contributed by atoms with E-state index >= 15 is 0 Å². The van der Waals surface area contributed by atoms with Crippen LogP contribution in [0.1, 0.15) is 46.2 Å². The van der Waals surface area contributed by atoms with Gasteiger partial charge < -0.3 is 4.74 Å². The third kappa shape index (κ3) is 2.54. The van der Waals surface area contributed by atoms with Gasteiger partial charge in [-0.3, -0.25) is 0 Å². The molecule has 0 radical (unpaired) electrons. The van der Waals surface area contributed by atoms with E-state index < -0.39 is 0 Å². The van der Waals surface area contributed by atoms with E-state index in [4.69, 9.17) is 4.74 Å². The van der Waals surface area contributed by atoms with Gasteiger partial charge in [-0.1, -0.05) is 54.6 Å². The molecule has 1 atom stereocenters. The van der Waals surface area contributed by atoms with Crippen molar-refractivity contribution in [3.8, 4) is 5.75 Å². The Kier molecular flexibility index (Phi) is 4.32. The Morgan fingerprint density at radius 2 is 1.42 bits per heavy atom. The van der Waals surface area contributed by atoms with Crippen LogP contribution in [-0.4, -0.2) is 7.11 Å². The van der Waals surface area contributed by atoms with Crippen LogP contribution in [0.4, 0.5) is 0 Å². The Morgan fingerprint density at radius 1 is 0.769 bits per heavy atom. The van der Waals surface area contributed by atoms with E-state index in [2.05, 4.69) is 80.6 Å². The molecule has 0 saturated heterocycles. The minimum absolute atomic E-state index is 0.0861. The van der Waals surface area contributed by atoms with Crippen molar-refractivity contribution in [3.63, 3.8) is 0 Å². The average Bonchev–Trinajstić information content (AvgIpc) is 2.71. The molecular weight excluding hydrogens is 316 g/mol. The summed E-state index contributed by atoms with van der Waals surface area (Å²) in [6.45, 7) is 4.53. The quantitative estimate of drug-likeness (QED) is 0.568. The Labute approximate surface area is 156 Å². The van der Waals surface area contributed by atoms with Crippen molar-refractivity contribution in [2.45, 2.75) is 38.5 Å². The van der Waals surface area contributed by atoms with Crippen molar-refractivity contribution in [2.24, 2.45) is 0 Å². The fraction of sp³-hybridized carbons (Fsp3) is 0.280. The average molecular weight is 342 g/mol. The SMILES string of the molecule is COc1ccc(C2(c3ccccc3)CCCc3c(C)ccc(C)c32)cc1. The largest absolute Gasteiger partial charge is 0.497 e. The minimum Gasteiger partial charge on any atom is -0.497 e. The minimum atomic E-state index is -0.0861. The zero-order valence-corrected chi connectivity index (χ0v) is 15.9. The first-order valence-electron chi connectivity index (χ1n) is 9.46. The summed E-state index contributed by atoms with van der Waals surface area (Å²) in [6.07, 6.45) is 3.52. The second kappa shape index (κ2) is 6.64. The fourth-order valence-corrected chi connectivity index (χ4v) is 4.78. The van der Waals surface area contributed by atoms with Crippen molar-refractivity contribution in [1.29, 1.82) is 0 Å². The van der Waals surface area contributed by atoms with Crippen LogP contribution >= 0.6 is 0 Å². The summed E-state index contributed by atoms with van der Waals surface area (Å²) < 4.78 is 5.41. The predicted octanol–water partition coefficient (Wildman–Crippen LogP) is 5.98. The highest BCUT2D eigenvalue weighted by molar-refractivity contribution is 5.59. The highest BCUT2D eigenvalue weighted by Crippen LogP contribution is 2.49. The van der Waals surface area contributed by atoms with Crippen LogP contribution in [-0.2, 0) is 11.8 Å². The number of ether oxygens (including phenoxy) is 1. The Hall–Kier alpha value is -2.54. The standard InChI is InChI=1S/C25H26O/c1-18-11-12-19(2)24-23(18)10-7-17-25(24,20-8-5-4-6-9-20)21-13-15-22(26-3)16-14-21/h4-6,8-9,11-16H,7,10,17H2,1-3H3. The third-order valence-corrected chi connectivity index (χ3v) is 6.01. The van der Waals surface area contributed by atoms with Crippen molar-refractivity contribution >= 4 is 0 Å². The van der Waals surface area contributed by atoms with Gasteiger partial charge >= 0.3 is 0 Å². The van der Waals surface area contributed by atoms with E-state index in [0.717, 1.165) is 12.2 Å². The molecule has 1 heteroatoms. The van der Waals surface area contributed by atoms with Crippen molar-refractivity contribution in [1.82, 2.24) is 0 Å². The van der Waals surface area contributed by atoms with Crippen LogP contribution in [0.15, 0.2) is 66.7 Å². The number of methoxy groups -OCH3 is 1. The zero-order valence-electron chi connectivity index (χ0n) is 15.9. The van der Waals surface area contributed by atoms with E-state index in [0.29, 0.717) is 0 Å². The summed E-state index contributed by atoms with van der Waals surface area (Å²) in [4.78, 5) is 0. The normalized spacial score (nSPS) is 19.0. The van der Waals surface area contributed by atoms with Crippen molar-refractivity contribution in [3.05, 3.63) is 100 Å². The van der Waals surface area contributed by atoms with E-state index in [1.54, 1.807) is 7.11 Å². The van der Waals surface area contributed by atoms with E-state index in [9.17, 15) is 0 Å². The molecule has 0 saturated carbocycles. The Morgan fingerprint density at radius 3 is 2.12 bits per heavy atom. The maximum Gasteiger partial charge on any atom is 0.118 e. The molecule has 26 heavy (non-hydrogen) atoms. The molecular formula is C25H26O. The maximum atomic E-state index is 5.41. The molecule has 132 valence electrons. The Bertz CT molecular complexity index is 909. The molecule has 1 nitrogen and oxygen atoms in total. The second-order valence-corrected chi connectivity index (χ2v) is 7.41. The van der Waals surface area contributed by atoms with E-state index in [-0.39, 0.29) is 5.41 Å². The summed E-state index contributed by atoms with van der Waals surface area (Å²) in [6, 6.07) is 24.3. The van der Waals surface area contributed by atoms with Gasteiger partial charge in [-0.2, -0.15) is 0 Å². The number of hydrogen-bond donors (Lipinski definition) is 0. The predicted molar refractivity (Wildman–Crippen MR) is 108 cm³/mol. The lowest BCUT2D eigenvalue weighted by Gasteiger charge is -2.42. The van der Waals surface area contributed by atoms with Crippen LogP contribution in [0.2, 0.25) is 0 Å². The van der Waals surface area contributed by atoms with E-state index in [1.165, 1.54) is 46.2 Å². The number of benzene rings is 3. The molecule has 3 aromatic carbocycles. The number of aryl methyl sites for hydroxylation is 2. The molecule has 1 aliphatic rings. The van der Waals surface area contributed by atoms with Crippen LogP contribution in [0, 0.1) is 13.8 Å². The molecule has 3 aromatic rings.